The second-order valence-corrected chi connectivity index (χ2v) is 7.44. The summed E-state index contributed by atoms with van der Waals surface area (Å²) in [6, 6.07) is 15.6. The number of benzene rings is 2. The first kappa shape index (κ1) is 18.6. The molecule has 0 aliphatic heterocycles. The number of fused-ring (bicyclic) bond motifs is 1. The van der Waals surface area contributed by atoms with Gasteiger partial charge in [-0.2, -0.15) is 0 Å². The van der Waals surface area contributed by atoms with Gasteiger partial charge in [0.15, 0.2) is 0 Å². The van der Waals surface area contributed by atoms with Gasteiger partial charge < -0.3 is 19.6 Å². The standard InChI is InChI=1S/C23H25NO4/c1-15-22(23(26)24-17-7-9-18(25)10-8-17)20-13-19(11-12-21(20)28-15)27-14-16-5-3-2-4-6-16/h2-6,11-13,17-18,25H,7-10,14H2,1H3,(H,24,26). The molecule has 5 heteroatoms. The van der Waals surface area contributed by atoms with Crippen molar-refractivity contribution in [3.63, 3.8) is 0 Å². The first-order chi connectivity index (χ1) is 13.6. The lowest BCUT2D eigenvalue weighted by Crippen LogP contribution is -2.38. The van der Waals surface area contributed by atoms with E-state index in [1.807, 2.05) is 55.5 Å². The molecule has 1 amide bonds. The van der Waals surface area contributed by atoms with E-state index in [-0.39, 0.29) is 18.1 Å². The quantitative estimate of drug-likeness (QED) is 0.691. The van der Waals surface area contributed by atoms with E-state index < -0.39 is 0 Å². The van der Waals surface area contributed by atoms with E-state index in [0.29, 0.717) is 29.3 Å². The number of hydrogen-bond acceptors (Lipinski definition) is 4. The largest absolute Gasteiger partial charge is 0.489 e. The number of carbonyl (C=O) groups is 1. The number of hydrogen-bond donors (Lipinski definition) is 2. The summed E-state index contributed by atoms with van der Waals surface area (Å²) in [5.74, 6) is 1.17. The van der Waals surface area contributed by atoms with Gasteiger partial charge in [0.2, 0.25) is 0 Å². The Kier molecular flexibility index (Phi) is 5.35. The molecule has 0 atom stereocenters. The van der Waals surface area contributed by atoms with Crippen LogP contribution in [0.3, 0.4) is 0 Å². The Morgan fingerprint density at radius 2 is 1.89 bits per heavy atom. The van der Waals surface area contributed by atoms with Gasteiger partial charge in [0.1, 0.15) is 23.7 Å². The van der Waals surface area contributed by atoms with Crippen molar-refractivity contribution in [2.75, 3.05) is 0 Å². The van der Waals surface area contributed by atoms with Gasteiger partial charge in [-0.1, -0.05) is 30.3 Å². The topological polar surface area (TPSA) is 71.7 Å². The molecule has 3 aromatic rings. The number of aliphatic hydroxyl groups is 1. The van der Waals surface area contributed by atoms with E-state index in [2.05, 4.69) is 5.32 Å². The lowest BCUT2D eigenvalue weighted by Gasteiger charge is -2.26. The summed E-state index contributed by atoms with van der Waals surface area (Å²) in [5.41, 5.74) is 2.32. The maximum absolute atomic E-state index is 12.9. The molecule has 5 nitrogen and oxygen atoms in total. The molecule has 0 spiro atoms. The van der Waals surface area contributed by atoms with Crippen molar-refractivity contribution in [3.8, 4) is 5.75 Å². The molecule has 0 saturated heterocycles. The van der Waals surface area contributed by atoms with Crippen molar-refractivity contribution in [1.82, 2.24) is 5.32 Å². The fraction of sp³-hybridized carbons (Fsp3) is 0.348. The van der Waals surface area contributed by atoms with Gasteiger partial charge in [-0.05, 0) is 56.4 Å². The number of aliphatic hydroxyl groups excluding tert-OH is 1. The second kappa shape index (κ2) is 8.07. The van der Waals surface area contributed by atoms with Crippen LogP contribution in [0.25, 0.3) is 11.0 Å². The molecular weight excluding hydrogens is 354 g/mol. The van der Waals surface area contributed by atoms with E-state index in [1.54, 1.807) is 0 Å². The Hall–Kier alpha value is -2.79. The number of aryl methyl sites for hydroxylation is 1. The molecule has 1 heterocycles. The van der Waals surface area contributed by atoms with Crippen LogP contribution in [-0.2, 0) is 6.61 Å². The maximum Gasteiger partial charge on any atom is 0.255 e. The van der Waals surface area contributed by atoms with Gasteiger partial charge in [-0.15, -0.1) is 0 Å². The van der Waals surface area contributed by atoms with Gasteiger partial charge in [-0.3, -0.25) is 4.79 Å². The lowest BCUT2D eigenvalue weighted by molar-refractivity contribution is 0.0867. The number of furan rings is 1. The molecule has 146 valence electrons. The minimum atomic E-state index is -0.242. The van der Waals surface area contributed by atoms with Gasteiger partial charge in [-0.25, -0.2) is 0 Å². The van der Waals surface area contributed by atoms with Gasteiger partial charge >= 0.3 is 0 Å². The van der Waals surface area contributed by atoms with Gasteiger partial charge in [0.05, 0.1) is 11.7 Å². The molecule has 1 fully saturated rings. The molecule has 2 N–H and O–H groups in total. The first-order valence-electron chi connectivity index (χ1n) is 9.79. The average Bonchev–Trinajstić information content (AvgIpc) is 3.04. The summed E-state index contributed by atoms with van der Waals surface area (Å²) >= 11 is 0. The molecule has 28 heavy (non-hydrogen) atoms. The minimum Gasteiger partial charge on any atom is -0.489 e. The van der Waals surface area contributed by atoms with Crippen LogP contribution in [-0.4, -0.2) is 23.2 Å². The van der Waals surface area contributed by atoms with Crippen molar-refractivity contribution < 1.29 is 19.1 Å². The SMILES string of the molecule is Cc1oc2ccc(OCc3ccccc3)cc2c1C(=O)NC1CCC(O)CC1. The normalized spacial score (nSPS) is 19.5. The van der Waals surface area contributed by atoms with Crippen molar-refractivity contribution in [2.24, 2.45) is 0 Å². The number of rotatable bonds is 5. The molecular formula is C23H25NO4. The van der Waals surface area contributed by atoms with Gasteiger partial charge in [0.25, 0.3) is 5.91 Å². The number of ether oxygens (including phenoxy) is 1. The molecule has 0 bridgehead atoms. The second-order valence-electron chi connectivity index (χ2n) is 7.44. The van der Waals surface area contributed by atoms with E-state index in [1.165, 1.54) is 0 Å². The Morgan fingerprint density at radius 1 is 1.14 bits per heavy atom. The summed E-state index contributed by atoms with van der Waals surface area (Å²) in [6.07, 6.45) is 2.82. The highest BCUT2D eigenvalue weighted by atomic mass is 16.5. The fourth-order valence-corrected chi connectivity index (χ4v) is 3.79. The molecule has 0 unspecified atom stereocenters. The Balaban J connectivity index is 1.52. The molecule has 1 aliphatic carbocycles. The van der Waals surface area contributed by atoms with E-state index in [9.17, 15) is 9.90 Å². The summed E-state index contributed by atoms with van der Waals surface area (Å²) in [6.45, 7) is 2.28. The predicted molar refractivity (Wildman–Crippen MR) is 107 cm³/mol. The summed E-state index contributed by atoms with van der Waals surface area (Å²) in [4.78, 5) is 12.9. The van der Waals surface area contributed by atoms with Crippen LogP contribution in [0.5, 0.6) is 5.75 Å². The number of amides is 1. The number of nitrogens with one attached hydrogen (secondary N) is 1. The third-order valence-electron chi connectivity index (χ3n) is 5.34. The highest BCUT2D eigenvalue weighted by Crippen LogP contribution is 2.30. The Labute approximate surface area is 164 Å². The Morgan fingerprint density at radius 3 is 2.64 bits per heavy atom. The van der Waals surface area contributed by atoms with Crippen LogP contribution in [0.15, 0.2) is 52.9 Å². The first-order valence-corrected chi connectivity index (χ1v) is 9.79. The summed E-state index contributed by atoms with van der Waals surface area (Å²) in [5, 5.41) is 13.5. The minimum absolute atomic E-state index is 0.0952. The third kappa shape index (κ3) is 4.04. The lowest BCUT2D eigenvalue weighted by atomic mass is 9.93. The van der Waals surface area contributed by atoms with Crippen molar-refractivity contribution in [2.45, 2.75) is 51.4 Å². The van der Waals surface area contributed by atoms with E-state index in [0.717, 1.165) is 36.6 Å². The van der Waals surface area contributed by atoms with Crippen LogP contribution in [0, 0.1) is 6.92 Å². The zero-order chi connectivity index (χ0) is 19.5. The summed E-state index contributed by atoms with van der Waals surface area (Å²) < 4.78 is 11.7. The van der Waals surface area contributed by atoms with E-state index in [4.69, 9.17) is 9.15 Å². The molecule has 1 aromatic heterocycles. The maximum atomic E-state index is 12.9. The van der Waals surface area contributed by atoms with Crippen LogP contribution in [0.4, 0.5) is 0 Å². The fourth-order valence-electron chi connectivity index (χ4n) is 3.79. The Bertz CT molecular complexity index is 955. The summed E-state index contributed by atoms with van der Waals surface area (Å²) in [7, 11) is 0. The van der Waals surface area contributed by atoms with Crippen LogP contribution in [0.2, 0.25) is 0 Å². The zero-order valence-electron chi connectivity index (χ0n) is 16.0. The van der Waals surface area contributed by atoms with E-state index >= 15 is 0 Å². The third-order valence-corrected chi connectivity index (χ3v) is 5.34. The average molecular weight is 379 g/mol. The highest BCUT2D eigenvalue weighted by Gasteiger charge is 2.24. The predicted octanol–water partition coefficient (Wildman–Crippen LogP) is 4.35. The highest BCUT2D eigenvalue weighted by molar-refractivity contribution is 6.07. The monoisotopic (exact) mass is 379 g/mol. The smallest absolute Gasteiger partial charge is 0.255 e. The van der Waals surface area contributed by atoms with Crippen LogP contribution >= 0.6 is 0 Å². The molecule has 0 radical (unpaired) electrons. The van der Waals surface area contributed by atoms with Gasteiger partial charge in [0, 0.05) is 11.4 Å². The zero-order valence-corrected chi connectivity index (χ0v) is 16.0. The van der Waals surface area contributed by atoms with Crippen LogP contribution in [0.1, 0.15) is 47.4 Å². The van der Waals surface area contributed by atoms with Crippen molar-refractivity contribution in [1.29, 1.82) is 0 Å². The molecule has 1 aliphatic rings. The molecule has 2 aromatic carbocycles. The molecule has 4 rings (SSSR count). The molecule has 1 saturated carbocycles. The number of carbonyl (C=O) groups excluding carboxylic acids is 1. The van der Waals surface area contributed by atoms with Crippen LogP contribution < -0.4 is 10.1 Å². The van der Waals surface area contributed by atoms with Crippen molar-refractivity contribution >= 4 is 16.9 Å². The van der Waals surface area contributed by atoms with Crippen molar-refractivity contribution in [3.05, 3.63) is 65.4 Å².